The molecule has 1 aliphatic rings. The molecule has 30 heavy (non-hydrogen) atoms. The summed E-state index contributed by atoms with van der Waals surface area (Å²) < 4.78 is 28.6. The maximum absolute atomic E-state index is 12.5. The predicted octanol–water partition coefficient (Wildman–Crippen LogP) is 1.67. The number of aliphatic imine (C=N–C) groups is 1. The summed E-state index contributed by atoms with van der Waals surface area (Å²) in [7, 11) is -3.63. The smallest absolute Gasteiger partial charge is 0.263 e. The molecule has 1 aromatic heterocycles. The summed E-state index contributed by atoms with van der Waals surface area (Å²) in [6.45, 7) is 2.63. The first-order chi connectivity index (χ1) is 14.4. The molecule has 2 heterocycles. The number of benzene rings is 2. The normalized spacial score (nSPS) is 16.6. The third-order valence-corrected chi connectivity index (χ3v) is 6.12. The Morgan fingerprint density at radius 2 is 1.97 bits per heavy atom. The largest absolute Gasteiger partial charge is 0.350 e. The molecule has 4 rings (SSSR count). The monoisotopic (exact) mass is 423 g/mol. The van der Waals surface area contributed by atoms with Crippen LogP contribution in [0.2, 0.25) is 0 Å². The topological polar surface area (TPSA) is 105 Å². The lowest BCUT2D eigenvalue weighted by Gasteiger charge is -2.11. The molecule has 2 aromatic carbocycles. The Kier molecular flexibility index (Phi) is 5.37. The van der Waals surface area contributed by atoms with E-state index < -0.39 is 16.1 Å². The van der Waals surface area contributed by atoms with Crippen LogP contribution in [0.25, 0.3) is 0 Å². The lowest BCUT2D eigenvalue weighted by molar-refractivity contribution is -0.122. The molecule has 2 N–H and O–H groups in total. The van der Waals surface area contributed by atoms with Crippen molar-refractivity contribution >= 4 is 21.8 Å². The standard InChI is InChI=1S/C21H21N5O3S/c1-15(24-20-18-8-2-3-9-19(18)30(28,29)25-20)21(27)22-13-16-6-4-7-17(12-16)14-26-11-5-10-23-26/h2-12,15H,13-14H2,1H3,(H,22,27)(H,24,25)/t15-/m0/s1. The zero-order valence-electron chi connectivity index (χ0n) is 16.3. The molecule has 0 fully saturated rings. The lowest BCUT2D eigenvalue weighted by Crippen LogP contribution is -2.33. The van der Waals surface area contributed by atoms with Crippen molar-refractivity contribution in [1.82, 2.24) is 19.8 Å². The average molecular weight is 423 g/mol. The van der Waals surface area contributed by atoms with Gasteiger partial charge in [0, 0.05) is 24.5 Å². The van der Waals surface area contributed by atoms with E-state index in [9.17, 15) is 13.2 Å². The first-order valence-corrected chi connectivity index (χ1v) is 10.9. The molecule has 0 aliphatic carbocycles. The molecule has 0 spiro atoms. The minimum Gasteiger partial charge on any atom is -0.350 e. The Morgan fingerprint density at radius 3 is 2.77 bits per heavy atom. The number of amides is 1. The minimum atomic E-state index is -3.63. The number of nitrogens with zero attached hydrogens (tertiary/aromatic N) is 3. The second-order valence-electron chi connectivity index (χ2n) is 7.00. The van der Waals surface area contributed by atoms with E-state index in [0.29, 0.717) is 18.7 Å². The number of nitrogens with one attached hydrogen (secondary N) is 2. The fraction of sp³-hybridized carbons (Fsp3) is 0.190. The predicted molar refractivity (Wildman–Crippen MR) is 112 cm³/mol. The van der Waals surface area contributed by atoms with Crippen LogP contribution in [0.15, 0.2) is 76.9 Å². The Bertz CT molecular complexity index is 1200. The van der Waals surface area contributed by atoms with Gasteiger partial charge in [-0.05, 0) is 36.2 Å². The van der Waals surface area contributed by atoms with Gasteiger partial charge >= 0.3 is 0 Å². The van der Waals surface area contributed by atoms with E-state index in [-0.39, 0.29) is 16.6 Å². The van der Waals surface area contributed by atoms with Gasteiger partial charge in [-0.25, -0.2) is 8.42 Å². The van der Waals surface area contributed by atoms with Gasteiger partial charge in [0.2, 0.25) is 5.91 Å². The van der Waals surface area contributed by atoms with Gasteiger partial charge < -0.3 is 5.32 Å². The average Bonchev–Trinajstić information content (AvgIpc) is 3.33. The van der Waals surface area contributed by atoms with Gasteiger partial charge in [-0.1, -0.05) is 36.4 Å². The van der Waals surface area contributed by atoms with Crippen LogP contribution in [0.5, 0.6) is 0 Å². The number of rotatable bonds is 6. The molecule has 0 radical (unpaired) electrons. The molecular formula is C21H21N5O3S. The van der Waals surface area contributed by atoms with E-state index in [1.807, 2.05) is 41.2 Å². The van der Waals surface area contributed by atoms with E-state index in [4.69, 9.17) is 0 Å². The summed E-state index contributed by atoms with van der Waals surface area (Å²) in [5.74, 6) is -0.0990. The molecular weight excluding hydrogens is 402 g/mol. The first kappa shape index (κ1) is 19.8. The summed E-state index contributed by atoms with van der Waals surface area (Å²) in [5, 5.41) is 7.05. The minimum absolute atomic E-state index is 0.172. The molecule has 1 amide bonds. The third-order valence-electron chi connectivity index (χ3n) is 4.73. The van der Waals surface area contributed by atoms with Crippen LogP contribution in [0.3, 0.4) is 0 Å². The van der Waals surface area contributed by atoms with Gasteiger partial charge in [-0.3, -0.25) is 19.2 Å². The van der Waals surface area contributed by atoms with Crippen LogP contribution in [0.4, 0.5) is 0 Å². The van der Waals surface area contributed by atoms with Crippen molar-refractivity contribution in [2.75, 3.05) is 0 Å². The number of hydrogen-bond acceptors (Lipinski definition) is 5. The van der Waals surface area contributed by atoms with E-state index >= 15 is 0 Å². The van der Waals surface area contributed by atoms with Crippen LogP contribution in [0, 0.1) is 0 Å². The van der Waals surface area contributed by atoms with Crippen molar-refractivity contribution in [3.63, 3.8) is 0 Å². The first-order valence-electron chi connectivity index (χ1n) is 9.45. The highest BCUT2D eigenvalue weighted by atomic mass is 32.2. The van der Waals surface area contributed by atoms with Gasteiger partial charge in [0.05, 0.1) is 11.4 Å². The molecule has 0 saturated heterocycles. The molecule has 0 saturated carbocycles. The highest BCUT2D eigenvalue weighted by Gasteiger charge is 2.31. The highest BCUT2D eigenvalue weighted by Crippen LogP contribution is 2.22. The van der Waals surface area contributed by atoms with Crippen molar-refractivity contribution < 1.29 is 13.2 Å². The van der Waals surface area contributed by atoms with Gasteiger partial charge in [0.15, 0.2) is 0 Å². The van der Waals surface area contributed by atoms with Crippen molar-refractivity contribution in [1.29, 1.82) is 0 Å². The van der Waals surface area contributed by atoms with E-state index in [2.05, 4.69) is 20.1 Å². The maximum atomic E-state index is 12.5. The van der Waals surface area contributed by atoms with E-state index in [0.717, 1.165) is 11.1 Å². The fourth-order valence-corrected chi connectivity index (χ4v) is 4.48. The molecule has 1 aliphatic heterocycles. The van der Waals surface area contributed by atoms with Gasteiger partial charge in [0.1, 0.15) is 11.9 Å². The zero-order valence-corrected chi connectivity index (χ0v) is 17.1. The van der Waals surface area contributed by atoms with Crippen LogP contribution in [-0.2, 0) is 27.9 Å². The Morgan fingerprint density at radius 1 is 1.17 bits per heavy atom. The molecule has 0 unspecified atom stereocenters. The summed E-state index contributed by atoms with van der Waals surface area (Å²) in [4.78, 5) is 17.0. The third kappa shape index (κ3) is 4.25. The van der Waals surface area contributed by atoms with Crippen molar-refractivity contribution in [3.05, 3.63) is 83.7 Å². The van der Waals surface area contributed by atoms with Crippen LogP contribution in [0.1, 0.15) is 23.6 Å². The van der Waals surface area contributed by atoms with Gasteiger partial charge in [-0.2, -0.15) is 5.10 Å². The van der Waals surface area contributed by atoms with Crippen molar-refractivity contribution in [2.45, 2.75) is 31.0 Å². The molecule has 154 valence electrons. The zero-order chi connectivity index (χ0) is 21.1. The Hall–Kier alpha value is -3.46. The van der Waals surface area contributed by atoms with Gasteiger partial charge in [-0.15, -0.1) is 0 Å². The molecule has 8 nitrogen and oxygen atoms in total. The quantitative estimate of drug-likeness (QED) is 0.629. The maximum Gasteiger partial charge on any atom is 0.263 e. The summed E-state index contributed by atoms with van der Waals surface area (Å²) >= 11 is 0. The van der Waals surface area contributed by atoms with Crippen LogP contribution in [-0.4, -0.2) is 36.0 Å². The van der Waals surface area contributed by atoms with E-state index in [1.165, 1.54) is 6.07 Å². The van der Waals surface area contributed by atoms with Crippen LogP contribution >= 0.6 is 0 Å². The number of hydrogen-bond donors (Lipinski definition) is 2. The Balaban J connectivity index is 1.41. The van der Waals surface area contributed by atoms with Gasteiger partial charge in [0.25, 0.3) is 10.0 Å². The second kappa shape index (κ2) is 8.11. The fourth-order valence-electron chi connectivity index (χ4n) is 3.24. The highest BCUT2D eigenvalue weighted by molar-refractivity contribution is 7.90. The number of fused-ring (bicyclic) bond motifs is 1. The van der Waals surface area contributed by atoms with Crippen LogP contribution < -0.4 is 10.0 Å². The summed E-state index contributed by atoms with van der Waals surface area (Å²) in [6, 6.07) is 15.6. The van der Waals surface area contributed by atoms with Crippen molar-refractivity contribution in [3.8, 4) is 0 Å². The molecule has 1 atom stereocenters. The second-order valence-corrected chi connectivity index (χ2v) is 8.65. The van der Waals surface area contributed by atoms with E-state index in [1.54, 1.807) is 31.3 Å². The number of amidine groups is 1. The molecule has 9 heteroatoms. The van der Waals surface area contributed by atoms with Crippen molar-refractivity contribution in [2.24, 2.45) is 4.99 Å². The number of carbonyl (C=O) groups is 1. The number of carbonyl (C=O) groups excluding carboxylic acids is 1. The number of aromatic nitrogens is 2. The Labute approximate surface area is 174 Å². The summed E-state index contributed by atoms with van der Waals surface area (Å²) in [6.07, 6.45) is 3.63. The lowest BCUT2D eigenvalue weighted by atomic mass is 10.1. The number of sulfonamides is 1. The SMILES string of the molecule is C[C@H](N=C1NS(=O)(=O)c2ccccc21)C(=O)NCc1cccc(Cn2cccn2)c1. The summed E-state index contributed by atoms with van der Waals surface area (Å²) in [5.41, 5.74) is 2.51. The molecule has 0 bridgehead atoms. The molecule has 3 aromatic rings.